The Hall–Kier alpha value is -2.34. The largest absolute Gasteiger partial charge is 0.360 e. The Labute approximate surface area is 129 Å². The molecular weight excluding hydrogens is 280 g/mol. The van der Waals surface area contributed by atoms with Gasteiger partial charge in [0.25, 0.3) is 0 Å². The van der Waals surface area contributed by atoms with Crippen LogP contribution >= 0.6 is 0 Å². The third-order valence-corrected chi connectivity index (χ3v) is 3.79. The molecule has 3 rings (SSSR count). The Morgan fingerprint density at radius 3 is 2.95 bits per heavy atom. The number of benzene rings is 1. The van der Waals surface area contributed by atoms with Gasteiger partial charge in [-0.2, -0.15) is 0 Å². The van der Waals surface area contributed by atoms with Gasteiger partial charge in [-0.3, -0.25) is 10.2 Å². The Bertz CT molecular complexity index is 653. The van der Waals surface area contributed by atoms with Crippen LogP contribution in [0.1, 0.15) is 16.9 Å². The minimum Gasteiger partial charge on any atom is -0.360 e. The second kappa shape index (κ2) is 6.62. The van der Waals surface area contributed by atoms with Gasteiger partial charge in [-0.05, 0) is 24.5 Å². The number of rotatable bonds is 4. The second-order valence-electron chi connectivity index (χ2n) is 5.50. The van der Waals surface area contributed by atoms with Gasteiger partial charge in [-0.25, -0.2) is 4.79 Å². The van der Waals surface area contributed by atoms with Crippen molar-refractivity contribution in [1.29, 1.82) is 0 Å². The van der Waals surface area contributed by atoms with Crippen LogP contribution in [0.2, 0.25) is 0 Å². The fourth-order valence-corrected chi connectivity index (χ4v) is 2.66. The number of fused-ring (bicyclic) bond motifs is 1. The first kappa shape index (κ1) is 14.6. The number of nitrogens with one attached hydrogen (secondary N) is 2. The normalized spacial score (nSPS) is 14.4. The molecule has 0 spiro atoms. The van der Waals surface area contributed by atoms with E-state index in [-0.39, 0.29) is 6.03 Å². The van der Waals surface area contributed by atoms with Crippen LogP contribution in [0.4, 0.5) is 10.6 Å². The van der Waals surface area contributed by atoms with E-state index in [1.54, 1.807) is 13.0 Å². The fourth-order valence-electron chi connectivity index (χ4n) is 2.66. The summed E-state index contributed by atoms with van der Waals surface area (Å²) in [5.41, 5.74) is 2.82. The average Bonchev–Trinajstić information content (AvgIpc) is 2.92. The van der Waals surface area contributed by atoms with E-state index in [9.17, 15) is 4.79 Å². The SMILES string of the molecule is Cc1cc(NC(=O)NCCN2CCc3ccccc3C2)no1. The first-order valence-corrected chi connectivity index (χ1v) is 7.48. The van der Waals surface area contributed by atoms with E-state index < -0.39 is 0 Å². The molecule has 1 aliphatic rings. The summed E-state index contributed by atoms with van der Waals surface area (Å²) < 4.78 is 4.90. The number of carbonyl (C=O) groups is 1. The van der Waals surface area contributed by atoms with E-state index in [0.717, 1.165) is 26.1 Å². The van der Waals surface area contributed by atoms with Crippen molar-refractivity contribution >= 4 is 11.8 Å². The molecule has 1 aliphatic heterocycles. The third kappa shape index (κ3) is 3.65. The summed E-state index contributed by atoms with van der Waals surface area (Å²) in [5, 5.41) is 9.20. The zero-order valence-electron chi connectivity index (χ0n) is 12.6. The summed E-state index contributed by atoms with van der Waals surface area (Å²) in [4.78, 5) is 14.1. The van der Waals surface area contributed by atoms with Gasteiger partial charge >= 0.3 is 6.03 Å². The molecule has 2 amide bonds. The highest BCUT2D eigenvalue weighted by molar-refractivity contribution is 5.88. The van der Waals surface area contributed by atoms with E-state index >= 15 is 0 Å². The molecule has 0 saturated heterocycles. The highest BCUT2D eigenvalue weighted by atomic mass is 16.5. The maximum absolute atomic E-state index is 11.7. The number of carbonyl (C=O) groups excluding carboxylic acids is 1. The number of anilines is 1. The predicted molar refractivity (Wildman–Crippen MR) is 83.7 cm³/mol. The molecule has 116 valence electrons. The maximum Gasteiger partial charge on any atom is 0.320 e. The molecule has 6 nitrogen and oxygen atoms in total. The number of aromatic nitrogens is 1. The molecule has 2 aromatic rings. The fraction of sp³-hybridized carbons (Fsp3) is 0.375. The van der Waals surface area contributed by atoms with E-state index in [1.807, 2.05) is 0 Å². The zero-order chi connectivity index (χ0) is 15.4. The average molecular weight is 300 g/mol. The maximum atomic E-state index is 11.7. The van der Waals surface area contributed by atoms with E-state index in [4.69, 9.17) is 4.52 Å². The summed E-state index contributed by atoms with van der Waals surface area (Å²) in [6.07, 6.45) is 1.07. The Morgan fingerprint density at radius 2 is 2.18 bits per heavy atom. The van der Waals surface area contributed by atoms with Gasteiger partial charge in [0, 0.05) is 32.2 Å². The third-order valence-electron chi connectivity index (χ3n) is 3.79. The molecule has 0 fully saturated rings. The lowest BCUT2D eigenvalue weighted by Gasteiger charge is -2.28. The summed E-state index contributed by atoms with van der Waals surface area (Å²) in [6.45, 7) is 5.19. The molecule has 0 radical (unpaired) electrons. The molecule has 6 heteroatoms. The van der Waals surface area contributed by atoms with Crippen molar-refractivity contribution in [2.24, 2.45) is 0 Å². The predicted octanol–water partition coefficient (Wildman–Crippen LogP) is 2.16. The van der Waals surface area contributed by atoms with Crippen molar-refractivity contribution in [3.8, 4) is 0 Å². The first-order valence-electron chi connectivity index (χ1n) is 7.48. The molecule has 1 aromatic heterocycles. The Kier molecular flexibility index (Phi) is 4.39. The topological polar surface area (TPSA) is 70.4 Å². The summed E-state index contributed by atoms with van der Waals surface area (Å²) in [7, 11) is 0. The van der Waals surface area contributed by atoms with Crippen molar-refractivity contribution < 1.29 is 9.32 Å². The monoisotopic (exact) mass is 300 g/mol. The highest BCUT2D eigenvalue weighted by Gasteiger charge is 2.15. The van der Waals surface area contributed by atoms with Gasteiger partial charge in [0.2, 0.25) is 0 Å². The van der Waals surface area contributed by atoms with E-state index in [1.165, 1.54) is 11.1 Å². The van der Waals surface area contributed by atoms with Crippen LogP contribution in [0.3, 0.4) is 0 Å². The van der Waals surface area contributed by atoms with Gasteiger partial charge in [0.15, 0.2) is 5.82 Å². The molecule has 0 atom stereocenters. The Balaban J connectivity index is 1.41. The van der Waals surface area contributed by atoms with Crippen LogP contribution < -0.4 is 10.6 Å². The summed E-state index contributed by atoms with van der Waals surface area (Å²) in [5.74, 6) is 1.10. The number of nitrogens with zero attached hydrogens (tertiary/aromatic N) is 2. The molecule has 0 unspecified atom stereocenters. The number of urea groups is 1. The zero-order valence-corrected chi connectivity index (χ0v) is 12.6. The molecule has 2 heterocycles. The van der Waals surface area contributed by atoms with Gasteiger partial charge < -0.3 is 9.84 Å². The van der Waals surface area contributed by atoms with Crippen LogP contribution in [0, 0.1) is 6.92 Å². The molecule has 22 heavy (non-hydrogen) atoms. The smallest absolute Gasteiger partial charge is 0.320 e. The van der Waals surface area contributed by atoms with Gasteiger partial charge in [-0.1, -0.05) is 29.4 Å². The molecule has 1 aromatic carbocycles. The molecular formula is C16H20N4O2. The van der Waals surface area contributed by atoms with Gasteiger partial charge in [0.1, 0.15) is 5.76 Å². The standard InChI is InChI=1S/C16H20N4O2/c1-12-10-15(19-22-12)18-16(21)17-7-9-20-8-6-13-4-2-3-5-14(13)11-20/h2-5,10H,6-9,11H2,1H3,(H2,17,18,19,21). The quantitative estimate of drug-likeness (QED) is 0.908. The minimum atomic E-state index is -0.259. The molecule has 2 N–H and O–H groups in total. The number of aryl methyl sites for hydroxylation is 1. The minimum absolute atomic E-state index is 0.259. The number of hydrogen-bond donors (Lipinski definition) is 2. The second-order valence-corrected chi connectivity index (χ2v) is 5.50. The van der Waals surface area contributed by atoms with Crippen molar-refractivity contribution in [1.82, 2.24) is 15.4 Å². The number of amides is 2. The van der Waals surface area contributed by atoms with Crippen molar-refractivity contribution in [3.63, 3.8) is 0 Å². The lowest BCUT2D eigenvalue weighted by atomic mass is 10.00. The number of hydrogen-bond acceptors (Lipinski definition) is 4. The van der Waals surface area contributed by atoms with E-state index in [0.29, 0.717) is 18.1 Å². The lowest BCUT2D eigenvalue weighted by Crippen LogP contribution is -2.39. The van der Waals surface area contributed by atoms with Gasteiger partial charge in [0.05, 0.1) is 0 Å². The molecule has 0 saturated carbocycles. The molecule has 0 aliphatic carbocycles. The van der Waals surface area contributed by atoms with Crippen LogP contribution in [-0.4, -0.2) is 35.7 Å². The summed E-state index contributed by atoms with van der Waals surface area (Å²) >= 11 is 0. The van der Waals surface area contributed by atoms with Crippen LogP contribution in [0.5, 0.6) is 0 Å². The van der Waals surface area contributed by atoms with Crippen molar-refractivity contribution in [2.75, 3.05) is 25.0 Å². The van der Waals surface area contributed by atoms with Crippen molar-refractivity contribution in [2.45, 2.75) is 19.9 Å². The highest BCUT2D eigenvalue weighted by Crippen LogP contribution is 2.17. The van der Waals surface area contributed by atoms with Crippen molar-refractivity contribution in [3.05, 3.63) is 47.2 Å². The lowest BCUT2D eigenvalue weighted by molar-refractivity contribution is 0.239. The van der Waals surface area contributed by atoms with Crippen LogP contribution in [0.25, 0.3) is 0 Å². The van der Waals surface area contributed by atoms with Crippen LogP contribution in [-0.2, 0) is 13.0 Å². The Morgan fingerprint density at radius 1 is 1.36 bits per heavy atom. The van der Waals surface area contributed by atoms with Crippen LogP contribution in [0.15, 0.2) is 34.9 Å². The van der Waals surface area contributed by atoms with Gasteiger partial charge in [-0.15, -0.1) is 0 Å². The molecule has 0 bridgehead atoms. The van der Waals surface area contributed by atoms with E-state index in [2.05, 4.69) is 45.0 Å². The summed E-state index contributed by atoms with van der Waals surface area (Å²) in [6, 6.07) is 9.96. The first-order chi connectivity index (χ1) is 10.7.